The molecule has 0 amide bonds. The Kier molecular flexibility index (Phi) is 2.50. The van der Waals surface area contributed by atoms with Gasteiger partial charge in [-0.25, -0.2) is 0 Å². The number of rotatable bonds is 3. The van der Waals surface area contributed by atoms with E-state index in [-0.39, 0.29) is 0 Å². The number of pyridine rings is 1. The number of nitrogens with one attached hydrogen (secondary N) is 1. The largest absolute Gasteiger partial charge is 0.320 e. The van der Waals surface area contributed by atoms with E-state index >= 15 is 0 Å². The Labute approximate surface area is 99.7 Å². The molecule has 3 rings (SSSR count). The van der Waals surface area contributed by atoms with Crippen molar-refractivity contribution in [2.75, 3.05) is 5.43 Å². The van der Waals surface area contributed by atoms with Crippen LogP contribution in [-0.2, 0) is 6.54 Å². The van der Waals surface area contributed by atoms with Gasteiger partial charge in [-0.15, -0.1) is 0 Å². The first kappa shape index (κ1) is 9.90. The molecule has 0 unspecified atom stereocenters. The van der Waals surface area contributed by atoms with Gasteiger partial charge in [-0.2, -0.15) is 0 Å². The molecule has 1 N–H and O–H groups in total. The predicted octanol–water partition coefficient (Wildman–Crippen LogP) is 2.78. The van der Waals surface area contributed by atoms with Crippen LogP contribution < -0.4 is 5.43 Å². The Balaban J connectivity index is 1.81. The second-order valence-corrected chi connectivity index (χ2v) is 3.92. The van der Waals surface area contributed by atoms with E-state index in [4.69, 9.17) is 0 Å². The van der Waals surface area contributed by atoms with Crippen LogP contribution in [0.5, 0.6) is 0 Å². The van der Waals surface area contributed by atoms with Crippen molar-refractivity contribution in [3.05, 3.63) is 66.6 Å². The van der Waals surface area contributed by atoms with Crippen molar-refractivity contribution in [3.8, 4) is 0 Å². The second-order valence-electron chi connectivity index (χ2n) is 3.92. The van der Waals surface area contributed by atoms with Crippen molar-refractivity contribution in [1.82, 2.24) is 9.66 Å². The molecule has 0 bridgehead atoms. The number of hydrogen-bond acceptors (Lipinski definition) is 2. The highest BCUT2D eigenvalue weighted by Gasteiger charge is 1.97. The van der Waals surface area contributed by atoms with Gasteiger partial charge in [0.2, 0.25) is 0 Å². The number of para-hydroxylation sites is 1. The van der Waals surface area contributed by atoms with Crippen LogP contribution in [0.25, 0.3) is 10.9 Å². The molecule has 3 nitrogen and oxygen atoms in total. The lowest BCUT2D eigenvalue weighted by molar-refractivity contribution is 0.832. The molecule has 2 aromatic heterocycles. The highest BCUT2D eigenvalue weighted by Crippen LogP contribution is 2.11. The van der Waals surface area contributed by atoms with Crippen molar-refractivity contribution in [3.63, 3.8) is 0 Å². The maximum Gasteiger partial charge on any atom is 0.0736 e. The van der Waals surface area contributed by atoms with Gasteiger partial charge in [0.15, 0.2) is 0 Å². The maximum atomic E-state index is 4.60. The average molecular weight is 223 g/mol. The van der Waals surface area contributed by atoms with Gasteiger partial charge in [0.05, 0.1) is 17.8 Å². The van der Waals surface area contributed by atoms with E-state index in [1.807, 2.05) is 47.4 Å². The zero-order valence-electron chi connectivity index (χ0n) is 9.38. The minimum Gasteiger partial charge on any atom is -0.320 e. The van der Waals surface area contributed by atoms with Gasteiger partial charge in [0.25, 0.3) is 0 Å². The fraction of sp³-hybridized carbons (Fsp3) is 0.0714. The molecule has 0 atom stereocenters. The number of fused-ring (bicyclic) bond motifs is 1. The van der Waals surface area contributed by atoms with Crippen molar-refractivity contribution >= 4 is 10.9 Å². The molecular weight excluding hydrogens is 210 g/mol. The third-order valence-electron chi connectivity index (χ3n) is 2.70. The molecule has 1 aromatic carbocycles. The molecule has 0 aliphatic heterocycles. The Morgan fingerprint density at radius 1 is 0.941 bits per heavy atom. The molecule has 0 aliphatic rings. The summed E-state index contributed by atoms with van der Waals surface area (Å²) in [6.07, 6.45) is 3.95. The quantitative estimate of drug-likeness (QED) is 0.740. The molecule has 0 aliphatic carbocycles. The second kappa shape index (κ2) is 4.29. The first-order valence-electron chi connectivity index (χ1n) is 5.63. The van der Waals surface area contributed by atoms with E-state index in [1.54, 1.807) is 0 Å². The van der Waals surface area contributed by atoms with Gasteiger partial charge in [0.1, 0.15) is 0 Å². The van der Waals surface area contributed by atoms with Gasteiger partial charge >= 0.3 is 0 Å². The molecule has 17 heavy (non-hydrogen) atoms. The van der Waals surface area contributed by atoms with E-state index in [2.05, 4.69) is 28.6 Å². The smallest absolute Gasteiger partial charge is 0.0736 e. The molecule has 3 heteroatoms. The normalized spacial score (nSPS) is 10.6. The Morgan fingerprint density at radius 3 is 2.65 bits per heavy atom. The number of nitrogens with zero attached hydrogens (tertiary/aromatic N) is 2. The zero-order chi connectivity index (χ0) is 11.5. The lowest BCUT2D eigenvalue weighted by atomic mass is 10.2. The minimum absolute atomic E-state index is 0.722. The van der Waals surface area contributed by atoms with Gasteiger partial charge in [-0.3, -0.25) is 9.66 Å². The Bertz CT molecular complexity index is 614. The third kappa shape index (κ3) is 2.13. The fourth-order valence-electron chi connectivity index (χ4n) is 1.82. The summed E-state index contributed by atoms with van der Waals surface area (Å²) in [7, 11) is 0. The topological polar surface area (TPSA) is 29.9 Å². The SMILES string of the molecule is c1ccc2nc(CNn3cccc3)ccc2c1. The summed E-state index contributed by atoms with van der Waals surface area (Å²) in [6.45, 7) is 0.722. The average Bonchev–Trinajstić information content (AvgIpc) is 2.89. The summed E-state index contributed by atoms with van der Waals surface area (Å²) in [5.74, 6) is 0. The van der Waals surface area contributed by atoms with Crippen LogP contribution in [-0.4, -0.2) is 9.66 Å². The molecule has 84 valence electrons. The van der Waals surface area contributed by atoms with Crippen LogP contribution in [0.15, 0.2) is 60.9 Å². The highest BCUT2D eigenvalue weighted by atomic mass is 15.4. The van der Waals surface area contributed by atoms with Crippen molar-refractivity contribution < 1.29 is 0 Å². The minimum atomic E-state index is 0.722. The lowest BCUT2D eigenvalue weighted by Crippen LogP contribution is -2.12. The summed E-state index contributed by atoms with van der Waals surface area (Å²) in [5.41, 5.74) is 5.34. The van der Waals surface area contributed by atoms with Gasteiger partial charge in [-0.05, 0) is 24.3 Å². The van der Waals surface area contributed by atoms with Gasteiger partial charge < -0.3 is 5.43 Å². The predicted molar refractivity (Wildman–Crippen MR) is 69.2 cm³/mol. The van der Waals surface area contributed by atoms with Crippen LogP contribution >= 0.6 is 0 Å². The molecule has 0 radical (unpaired) electrons. The van der Waals surface area contributed by atoms with Crippen LogP contribution in [0.3, 0.4) is 0 Å². The van der Waals surface area contributed by atoms with E-state index < -0.39 is 0 Å². The molecule has 0 spiro atoms. The Morgan fingerprint density at radius 2 is 1.76 bits per heavy atom. The van der Waals surface area contributed by atoms with Gasteiger partial charge in [0, 0.05) is 17.8 Å². The molecule has 0 saturated heterocycles. The van der Waals surface area contributed by atoms with Crippen LogP contribution in [0, 0.1) is 0 Å². The van der Waals surface area contributed by atoms with E-state index in [9.17, 15) is 0 Å². The first-order valence-corrected chi connectivity index (χ1v) is 5.63. The number of hydrogen-bond donors (Lipinski definition) is 1. The fourth-order valence-corrected chi connectivity index (χ4v) is 1.82. The summed E-state index contributed by atoms with van der Waals surface area (Å²) < 4.78 is 1.93. The summed E-state index contributed by atoms with van der Waals surface area (Å²) in [5, 5.41) is 1.18. The maximum absolute atomic E-state index is 4.60. The molecule has 3 aromatic rings. The van der Waals surface area contributed by atoms with Crippen molar-refractivity contribution in [2.45, 2.75) is 6.54 Å². The van der Waals surface area contributed by atoms with Crippen LogP contribution in [0.2, 0.25) is 0 Å². The Hall–Kier alpha value is -2.29. The van der Waals surface area contributed by atoms with E-state index in [0.717, 1.165) is 17.8 Å². The number of aromatic nitrogens is 2. The van der Waals surface area contributed by atoms with Crippen molar-refractivity contribution in [2.24, 2.45) is 0 Å². The highest BCUT2D eigenvalue weighted by molar-refractivity contribution is 5.78. The standard InChI is InChI=1S/C14H13N3/c1-2-6-14-12(5-1)7-8-13(16-14)11-15-17-9-3-4-10-17/h1-10,15H,11H2. The summed E-state index contributed by atoms with van der Waals surface area (Å²) in [6, 6.07) is 16.3. The van der Waals surface area contributed by atoms with E-state index in [0.29, 0.717) is 0 Å². The number of benzene rings is 1. The van der Waals surface area contributed by atoms with Crippen LogP contribution in [0.1, 0.15) is 5.69 Å². The third-order valence-corrected chi connectivity index (χ3v) is 2.70. The monoisotopic (exact) mass is 223 g/mol. The molecule has 2 heterocycles. The molecular formula is C14H13N3. The zero-order valence-corrected chi connectivity index (χ0v) is 9.38. The first-order chi connectivity index (χ1) is 8.42. The lowest BCUT2D eigenvalue weighted by Gasteiger charge is -2.07. The summed E-state index contributed by atoms with van der Waals surface area (Å²) in [4.78, 5) is 4.60. The van der Waals surface area contributed by atoms with Crippen LogP contribution in [0.4, 0.5) is 0 Å². The molecule has 0 saturated carbocycles. The van der Waals surface area contributed by atoms with E-state index in [1.165, 1.54) is 5.39 Å². The summed E-state index contributed by atoms with van der Waals surface area (Å²) >= 11 is 0. The van der Waals surface area contributed by atoms with Gasteiger partial charge in [-0.1, -0.05) is 24.3 Å². The van der Waals surface area contributed by atoms with Crippen molar-refractivity contribution in [1.29, 1.82) is 0 Å². The molecule has 0 fully saturated rings.